The van der Waals surface area contributed by atoms with Crippen molar-refractivity contribution in [3.8, 4) is 11.6 Å². The summed E-state index contributed by atoms with van der Waals surface area (Å²) in [6.07, 6.45) is 0.481. The summed E-state index contributed by atoms with van der Waals surface area (Å²) in [5.74, 6) is 1.43. The van der Waals surface area contributed by atoms with Crippen molar-refractivity contribution in [2.24, 2.45) is 7.05 Å². The molecule has 0 bridgehead atoms. The maximum absolute atomic E-state index is 11.3. The van der Waals surface area contributed by atoms with E-state index >= 15 is 0 Å². The Morgan fingerprint density at radius 3 is 2.58 bits per heavy atom. The van der Waals surface area contributed by atoms with Crippen LogP contribution in [0.15, 0.2) is 81.4 Å². The van der Waals surface area contributed by atoms with Gasteiger partial charge in [-0.3, -0.25) is 9.78 Å². The average Bonchev–Trinajstić information content (AvgIpc) is 3.31. The van der Waals surface area contributed by atoms with Gasteiger partial charge >= 0.3 is 4.87 Å². The number of benzene rings is 2. The second-order valence-corrected chi connectivity index (χ2v) is 9.55. The lowest BCUT2D eigenvalue weighted by atomic mass is 10.1. The van der Waals surface area contributed by atoms with Gasteiger partial charge in [-0.15, -0.1) is 0 Å². The fourth-order valence-electron chi connectivity index (χ4n) is 3.40. The van der Waals surface area contributed by atoms with Crippen LogP contribution in [0.5, 0.6) is 11.6 Å². The van der Waals surface area contributed by atoms with Crippen molar-refractivity contribution in [3.05, 3.63) is 92.7 Å². The van der Waals surface area contributed by atoms with Gasteiger partial charge in [-0.2, -0.15) is 0 Å². The van der Waals surface area contributed by atoms with Gasteiger partial charge in [0, 0.05) is 18.4 Å². The number of fused-ring (bicyclic) bond motifs is 1. The Labute approximate surface area is 197 Å². The Balaban J connectivity index is 1.26. The largest absolute Gasteiger partial charge is 0.494 e. The van der Waals surface area contributed by atoms with Crippen LogP contribution in [0.4, 0.5) is 0 Å². The van der Waals surface area contributed by atoms with E-state index in [4.69, 9.17) is 9.72 Å². The summed E-state index contributed by atoms with van der Waals surface area (Å²) in [4.78, 5) is 24.7. The molecule has 0 amide bonds. The minimum Gasteiger partial charge on any atom is -0.494 e. The number of ether oxygens (including phenoxy) is 1. The van der Waals surface area contributed by atoms with Crippen molar-refractivity contribution >= 4 is 34.3 Å². The predicted molar refractivity (Wildman–Crippen MR) is 129 cm³/mol. The molecule has 2 aromatic carbocycles. The molecule has 0 aliphatic heterocycles. The minimum atomic E-state index is -0.259. The summed E-state index contributed by atoms with van der Waals surface area (Å²) in [6.45, 7) is 0.313. The molecule has 0 saturated carbocycles. The van der Waals surface area contributed by atoms with Gasteiger partial charge in [0.05, 0.1) is 4.88 Å². The molecule has 2 N–H and O–H groups in total. The Morgan fingerprint density at radius 2 is 1.85 bits per heavy atom. The number of aromatic amines is 1. The van der Waals surface area contributed by atoms with Gasteiger partial charge in [0.1, 0.15) is 28.7 Å². The van der Waals surface area contributed by atoms with Crippen LogP contribution >= 0.6 is 23.1 Å². The molecule has 5 aromatic rings. The third-order valence-electron chi connectivity index (χ3n) is 5.11. The van der Waals surface area contributed by atoms with Crippen LogP contribution in [0, 0.1) is 0 Å². The molecule has 166 valence electrons. The van der Waals surface area contributed by atoms with Crippen molar-refractivity contribution < 1.29 is 9.84 Å². The number of H-pyrrole nitrogens is 1. The molecular formula is C24H20N4O3S2. The molecule has 0 fully saturated rings. The fraction of sp³-hybridized carbons (Fsp3) is 0.125. The predicted octanol–water partition coefficient (Wildman–Crippen LogP) is 4.74. The summed E-state index contributed by atoms with van der Waals surface area (Å²) in [5, 5.41) is 10.7. The lowest BCUT2D eigenvalue weighted by molar-refractivity contribution is 0.292. The van der Waals surface area contributed by atoms with E-state index in [2.05, 4.69) is 22.1 Å². The number of hydrogen-bond acceptors (Lipinski definition) is 7. The van der Waals surface area contributed by atoms with Crippen molar-refractivity contribution in [3.63, 3.8) is 0 Å². The minimum absolute atomic E-state index is 0.0638. The molecule has 3 aromatic heterocycles. The van der Waals surface area contributed by atoms with Crippen molar-refractivity contribution in [1.82, 2.24) is 19.5 Å². The van der Waals surface area contributed by atoms with Crippen molar-refractivity contribution in [1.29, 1.82) is 0 Å². The summed E-state index contributed by atoms with van der Waals surface area (Å²) in [5.41, 5.74) is 2.62. The highest BCUT2D eigenvalue weighted by Crippen LogP contribution is 2.28. The molecule has 0 saturated heterocycles. The van der Waals surface area contributed by atoms with Gasteiger partial charge in [0.15, 0.2) is 5.65 Å². The highest BCUT2D eigenvalue weighted by Gasteiger charge is 2.12. The molecule has 7 nitrogen and oxygen atoms in total. The molecule has 33 heavy (non-hydrogen) atoms. The zero-order chi connectivity index (χ0) is 22.8. The van der Waals surface area contributed by atoms with E-state index in [9.17, 15) is 9.90 Å². The quantitative estimate of drug-likeness (QED) is 0.352. The molecule has 0 atom stereocenters. The Hall–Kier alpha value is -3.56. The molecule has 0 unspecified atom stereocenters. The van der Waals surface area contributed by atoms with Crippen molar-refractivity contribution in [2.75, 3.05) is 0 Å². The number of pyridine rings is 1. The van der Waals surface area contributed by atoms with Crippen LogP contribution in [0.1, 0.15) is 16.3 Å². The lowest BCUT2D eigenvalue weighted by Gasteiger charge is -2.07. The zero-order valence-corrected chi connectivity index (χ0v) is 19.3. The summed E-state index contributed by atoms with van der Waals surface area (Å²) in [7, 11) is 1.94. The van der Waals surface area contributed by atoms with E-state index in [1.165, 1.54) is 0 Å². The first-order chi connectivity index (χ1) is 16.0. The summed E-state index contributed by atoms with van der Waals surface area (Å²) in [6, 6.07) is 21.7. The average molecular weight is 477 g/mol. The van der Waals surface area contributed by atoms with Crippen molar-refractivity contribution in [2.45, 2.75) is 22.9 Å². The number of aromatic hydroxyl groups is 1. The molecular weight excluding hydrogens is 456 g/mol. The number of rotatable bonds is 7. The smallest absolute Gasteiger partial charge is 0.307 e. The molecule has 0 spiro atoms. The topological polar surface area (TPSA) is 93.0 Å². The summed E-state index contributed by atoms with van der Waals surface area (Å²) >= 11 is 2.63. The molecule has 0 radical (unpaired) electrons. The lowest BCUT2D eigenvalue weighted by Crippen LogP contribution is -2.04. The molecule has 0 aliphatic rings. The number of imidazole rings is 1. The van der Waals surface area contributed by atoms with Crippen LogP contribution in [0.2, 0.25) is 0 Å². The normalized spacial score (nSPS) is 11.2. The number of thiazole rings is 1. The van der Waals surface area contributed by atoms with Gasteiger partial charge in [-0.05, 0) is 42.0 Å². The molecule has 9 heteroatoms. The maximum atomic E-state index is 11.3. The van der Waals surface area contributed by atoms with Crippen LogP contribution in [-0.2, 0) is 20.1 Å². The Morgan fingerprint density at radius 1 is 1.06 bits per heavy atom. The fourth-order valence-corrected chi connectivity index (χ4v) is 4.96. The Kier molecular flexibility index (Phi) is 5.89. The first kappa shape index (κ1) is 21.3. The van der Waals surface area contributed by atoms with E-state index in [0.717, 1.165) is 43.8 Å². The number of nitrogens with zero attached hydrogens (tertiary/aromatic N) is 3. The standard InChI is InChI=1S/C24H20N4O3S2/c1-28-20(25-18-11-12-21(26-22(18)28)32-17-5-3-2-4-6-17)14-31-16-9-7-15(8-10-16)13-19-23(29)27-24(30)33-19/h2-12,29H,13-14H2,1H3,(H,27,30). The first-order valence-electron chi connectivity index (χ1n) is 10.2. The van der Waals surface area contributed by atoms with Crippen LogP contribution < -0.4 is 9.61 Å². The Bertz CT molecular complexity index is 1460. The van der Waals surface area contributed by atoms with E-state index in [1.807, 2.05) is 66.2 Å². The second kappa shape index (κ2) is 9.13. The monoisotopic (exact) mass is 476 g/mol. The van der Waals surface area contributed by atoms with Crippen LogP contribution in [0.3, 0.4) is 0 Å². The van der Waals surface area contributed by atoms with Gasteiger partial charge in [0.2, 0.25) is 5.88 Å². The van der Waals surface area contributed by atoms with Crippen LogP contribution in [-0.4, -0.2) is 24.6 Å². The first-order valence-corrected chi connectivity index (χ1v) is 11.9. The van der Waals surface area contributed by atoms with Gasteiger partial charge in [-0.1, -0.05) is 53.4 Å². The molecule has 5 rings (SSSR count). The number of aromatic nitrogens is 4. The summed E-state index contributed by atoms with van der Waals surface area (Å²) < 4.78 is 7.90. The third-order valence-corrected chi connectivity index (χ3v) is 6.92. The highest BCUT2D eigenvalue weighted by molar-refractivity contribution is 7.99. The molecule has 3 heterocycles. The third kappa shape index (κ3) is 4.79. The number of hydrogen-bond donors (Lipinski definition) is 2. The maximum Gasteiger partial charge on any atom is 0.307 e. The number of aryl methyl sites for hydroxylation is 1. The second-order valence-electron chi connectivity index (χ2n) is 7.39. The number of nitrogens with one attached hydrogen (secondary N) is 1. The van der Waals surface area contributed by atoms with Gasteiger partial charge < -0.3 is 14.4 Å². The molecule has 0 aliphatic carbocycles. The SMILES string of the molecule is Cn1c(COc2ccc(Cc3sc(=O)[nH]c3O)cc2)nc2ccc(Sc3ccccc3)nc21. The zero-order valence-electron chi connectivity index (χ0n) is 17.7. The van der Waals surface area contributed by atoms with E-state index in [1.54, 1.807) is 11.8 Å². The van der Waals surface area contributed by atoms with Gasteiger partial charge in [-0.25, -0.2) is 9.97 Å². The highest BCUT2D eigenvalue weighted by atomic mass is 32.2. The van der Waals surface area contributed by atoms with E-state index in [0.29, 0.717) is 23.7 Å². The van der Waals surface area contributed by atoms with Gasteiger partial charge in [0.25, 0.3) is 0 Å². The van der Waals surface area contributed by atoms with E-state index < -0.39 is 0 Å². The van der Waals surface area contributed by atoms with E-state index in [-0.39, 0.29) is 10.8 Å². The van der Waals surface area contributed by atoms with Crippen LogP contribution in [0.25, 0.3) is 11.2 Å².